The smallest absolute Gasteiger partial charge is 0.480 e. The maximum Gasteiger partial charge on any atom is 0.573 e. The number of rotatable bonds is 5. The highest BCUT2D eigenvalue weighted by molar-refractivity contribution is 5.80. The number of alkyl carbamates (subject to hydrolysis) is 1. The summed E-state index contributed by atoms with van der Waals surface area (Å²) in [7, 11) is 0. The molecule has 134 valence electrons. The number of amides is 1. The fraction of sp³-hybridized carbons (Fsp3) is 0.467. The molecular formula is C15H18F3NO5. The van der Waals surface area contributed by atoms with Crippen LogP contribution in [-0.4, -0.2) is 35.2 Å². The highest BCUT2D eigenvalue weighted by Gasteiger charge is 2.31. The van der Waals surface area contributed by atoms with Crippen molar-refractivity contribution < 1.29 is 37.3 Å². The Hall–Kier alpha value is -2.45. The number of aliphatic carboxylic acids is 1. The van der Waals surface area contributed by atoms with Crippen LogP contribution in [0.5, 0.6) is 5.75 Å². The Morgan fingerprint density at radius 2 is 1.88 bits per heavy atom. The zero-order chi connectivity index (χ0) is 18.5. The van der Waals surface area contributed by atoms with Crippen molar-refractivity contribution in [3.63, 3.8) is 0 Å². The monoisotopic (exact) mass is 349 g/mol. The van der Waals surface area contributed by atoms with Gasteiger partial charge in [-0.3, -0.25) is 0 Å². The Morgan fingerprint density at radius 1 is 1.25 bits per heavy atom. The van der Waals surface area contributed by atoms with Gasteiger partial charge < -0.3 is 19.9 Å². The molecule has 0 aromatic heterocycles. The first-order chi connectivity index (χ1) is 10.9. The molecule has 24 heavy (non-hydrogen) atoms. The van der Waals surface area contributed by atoms with E-state index >= 15 is 0 Å². The van der Waals surface area contributed by atoms with Crippen molar-refractivity contribution in [1.29, 1.82) is 0 Å². The molecule has 0 saturated carbocycles. The van der Waals surface area contributed by atoms with Gasteiger partial charge in [0.1, 0.15) is 17.4 Å². The van der Waals surface area contributed by atoms with E-state index in [-0.39, 0.29) is 12.0 Å². The average molecular weight is 349 g/mol. The van der Waals surface area contributed by atoms with E-state index in [0.29, 0.717) is 0 Å². The SMILES string of the molecule is CC(C)(C)OC(=O)NC(Cc1cccc(OC(F)(F)F)c1)C(=O)O. The predicted molar refractivity (Wildman–Crippen MR) is 77.6 cm³/mol. The van der Waals surface area contributed by atoms with Crippen LogP contribution in [0.4, 0.5) is 18.0 Å². The molecule has 0 aliphatic heterocycles. The number of hydrogen-bond acceptors (Lipinski definition) is 4. The number of carboxylic acid groups (broad SMARTS) is 1. The summed E-state index contributed by atoms with van der Waals surface area (Å²) < 4.78 is 45.3. The van der Waals surface area contributed by atoms with Crippen LogP contribution in [-0.2, 0) is 16.0 Å². The van der Waals surface area contributed by atoms with Crippen molar-refractivity contribution in [2.75, 3.05) is 0 Å². The molecule has 0 bridgehead atoms. The summed E-state index contributed by atoms with van der Waals surface area (Å²) in [5, 5.41) is 11.3. The van der Waals surface area contributed by atoms with E-state index in [1.54, 1.807) is 20.8 Å². The van der Waals surface area contributed by atoms with Gasteiger partial charge in [0.25, 0.3) is 0 Å². The molecule has 1 unspecified atom stereocenters. The first-order valence-corrected chi connectivity index (χ1v) is 6.93. The zero-order valence-corrected chi connectivity index (χ0v) is 13.3. The van der Waals surface area contributed by atoms with E-state index in [1.165, 1.54) is 12.1 Å². The topological polar surface area (TPSA) is 84.9 Å². The molecule has 0 aliphatic carbocycles. The first kappa shape index (κ1) is 19.6. The second kappa shape index (κ2) is 7.41. The summed E-state index contributed by atoms with van der Waals surface area (Å²) in [5.41, 5.74) is -0.562. The molecule has 0 fully saturated rings. The van der Waals surface area contributed by atoms with Gasteiger partial charge in [-0.15, -0.1) is 13.2 Å². The summed E-state index contributed by atoms with van der Waals surface area (Å²) in [5.74, 6) is -1.82. The molecule has 1 atom stereocenters. The van der Waals surface area contributed by atoms with Crippen LogP contribution in [0.2, 0.25) is 0 Å². The largest absolute Gasteiger partial charge is 0.573 e. The molecule has 1 aromatic rings. The fourth-order valence-electron chi connectivity index (χ4n) is 1.76. The molecule has 0 aliphatic rings. The van der Waals surface area contributed by atoms with Crippen LogP contribution in [0.3, 0.4) is 0 Å². The van der Waals surface area contributed by atoms with Crippen molar-refractivity contribution in [2.24, 2.45) is 0 Å². The van der Waals surface area contributed by atoms with Crippen LogP contribution in [0, 0.1) is 0 Å². The van der Waals surface area contributed by atoms with Gasteiger partial charge in [0, 0.05) is 6.42 Å². The Bertz CT molecular complexity index is 596. The van der Waals surface area contributed by atoms with E-state index in [2.05, 4.69) is 10.1 Å². The number of carbonyl (C=O) groups excluding carboxylic acids is 1. The molecule has 1 aromatic carbocycles. The highest BCUT2D eigenvalue weighted by atomic mass is 19.4. The van der Waals surface area contributed by atoms with Gasteiger partial charge in [-0.1, -0.05) is 12.1 Å². The van der Waals surface area contributed by atoms with Gasteiger partial charge in [0.2, 0.25) is 0 Å². The normalized spacial score (nSPS) is 13.1. The third kappa shape index (κ3) is 7.70. The zero-order valence-electron chi connectivity index (χ0n) is 13.3. The molecule has 2 N–H and O–H groups in total. The Balaban J connectivity index is 2.80. The summed E-state index contributed by atoms with van der Waals surface area (Å²) in [6.45, 7) is 4.83. The third-order valence-electron chi connectivity index (χ3n) is 2.56. The molecule has 0 saturated heterocycles. The van der Waals surface area contributed by atoms with Crippen molar-refractivity contribution >= 4 is 12.1 Å². The number of benzene rings is 1. The molecular weight excluding hydrogens is 331 g/mol. The number of carbonyl (C=O) groups is 2. The van der Waals surface area contributed by atoms with Gasteiger partial charge in [-0.05, 0) is 38.5 Å². The first-order valence-electron chi connectivity index (χ1n) is 6.93. The van der Waals surface area contributed by atoms with E-state index in [0.717, 1.165) is 12.1 Å². The maximum atomic E-state index is 12.2. The van der Waals surface area contributed by atoms with Crippen molar-refractivity contribution in [3.05, 3.63) is 29.8 Å². The summed E-state index contributed by atoms with van der Waals surface area (Å²) >= 11 is 0. The van der Waals surface area contributed by atoms with Crippen LogP contribution in [0.1, 0.15) is 26.3 Å². The second-order valence-corrected chi connectivity index (χ2v) is 5.94. The molecule has 6 nitrogen and oxygen atoms in total. The number of carboxylic acids is 1. The summed E-state index contributed by atoms with van der Waals surface area (Å²) in [4.78, 5) is 22.9. The second-order valence-electron chi connectivity index (χ2n) is 5.94. The lowest BCUT2D eigenvalue weighted by atomic mass is 10.1. The van der Waals surface area contributed by atoms with E-state index in [9.17, 15) is 22.8 Å². The van der Waals surface area contributed by atoms with Crippen molar-refractivity contribution in [3.8, 4) is 5.75 Å². The van der Waals surface area contributed by atoms with Gasteiger partial charge in [0.15, 0.2) is 0 Å². The lowest BCUT2D eigenvalue weighted by Gasteiger charge is -2.22. The van der Waals surface area contributed by atoms with E-state index in [4.69, 9.17) is 9.84 Å². The Kier molecular flexibility index (Phi) is 6.05. The van der Waals surface area contributed by atoms with E-state index < -0.39 is 35.8 Å². The Labute approximate surface area is 136 Å². The van der Waals surface area contributed by atoms with Gasteiger partial charge in [-0.2, -0.15) is 0 Å². The average Bonchev–Trinajstić information content (AvgIpc) is 2.33. The predicted octanol–water partition coefficient (Wildman–Crippen LogP) is 3.11. The van der Waals surface area contributed by atoms with Gasteiger partial charge in [0.05, 0.1) is 0 Å². The molecule has 0 heterocycles. The van der Waals surface area contributed by atoms with Crippen LogP contribution in [0.15, 0.2) is 24.3 Å². The number of hydrogen-bond donors (Lipinski definition) is 2. The third-order valence-corrected chi connectivity index (χ3v) is 2.56. The number of ether oxygens (including phenoxy) is 2. The van der Waals surface area contributed by atoms with Crippen molar-refractivity contribution in [1.82, 2.24) is 5.32 Å². The highest BCUT2D eigenvalue weighted by Crippen LogP contribution is 2.23. The number of halogens is 3. The van der Waals surface area contributed by atoms with Gasteiger partial charge in [-0.25, -0.2) is 9.59 Å². The van der Waals surface area contributed by atoms with Crippen LogP contribution >= 0.6 is 0 Å². The maximum absolute atomic E-state index is 12.2. The van der Waals surface area contributed by atoms with Crippen molar-refractivity contribution in [2.45, 2.75) is 45.2 Å². The quantitative estimate of drug-likeness (QED) is 0.853. The van der Waals surface area contributed by atoms with Crippen LogP contribution < -0.4 is 10.1 Å². The fourth-order valence-corrected chi connectivity index (χ4v) is 1.76. The minimum atomic E-state index is -4.85. The van der Waals surface area contributed by atoms with E-state index in [1.807, 2.05) is 0 Å². The molecule has 0 spiro atoms. The molecule has 1 amide bonds. The lowest BCUT2D eigenvalue weighted by Crippen LogP contribution is -2.44. The molecule has 0 radical (unpaired) electrons. The minimum absolute atomic E-state index is 0.233. The lowest BCUT2D eigenvalue weighted by molar-refractivity contribution is -0.274. The summed E-state index contributed by atoms with van der Waals surface area (Å²) in [6, 6.07) is 3.51. The number of nitrogens with one attached hydrogen (secondary N) is 1. The van der Waals surface area contributed by atoms with Gasteiger partial charge >= 0.3 is 18.4 Å². The molecule has 1 rings (SSSR count). The van der Waals surface area contributed by atoms with Crippen LogP contribution in [0.25, 0.3) is 0 Å². The number of alkyl halides is 3. The minimum Gasteiger partial charge on any atom is -0.480 e. The molecule has 9 heteroatoms. The standard InChI is InChI=1S/C15H18F3NO5/c1-14(2,3)24-13(22)19-11(12(20)21)8-9-5-4-6-10(7-9)23-15(16,17)18/h4-7,11H,8H2,1-3H3,(H,19,22)(H,20,21). The summed E-state index contributed by atoms with van der Waals surface area (Å²) in [6.07, 6.45) is -6.01. The Morgan fingerprint density at radius 3 is 2.38 bits per heavy atom.